The molecule has 0 aliphatic carbocycles. The van der Waals surface area contributed by atoms with E-state index < -0.39 is 26.5 Å². The fourth-order valence-electron chi connectivity index (χ4n) is 7.54. The lowest BCUT2D eigenvalue weighted by Gasteiger charge is -2.24. The van der Waals surface area contributed by atoms with Gasteiger partial charge in [-0.25, -0.2) is 4.57 Å². The van der Waals surface area contributed by atoms with Crippen LogP contribution in [-0.4, -0.2) is 74.9 Å². The minimum Gasteiger partial charge on any atom is -0.462 e. The van der Waals surface area contributed by atoms with Gasteiger partial charge in [0.1, 0.15) is 19.8 Å². The number of phosphoric acid groups is 1. The van der Waals surface area contributed by atoms with E-state index in [1.54, 1.807) is 0 Å². The summed E-state index contributed by atoms with van der Waals surface area (Å²) in [6.45, 7) is 4.29. The van der Waals surface area contributed by atoms with Crippen LogP contribution in [-0.2, 0) is 32.7 Å². The lowest BCUT2D eigenvalue weighted by molar-refractivity contribution is -0.870. The van der Waals surface area contributed by atoms with Crippen molar-refractivity contribution in [1.82, 2.24) is 0 Å². The van der Waals surface area contributed by atoms with Crippen LogP contribution in [0.2, 0.25) is 0 Å². The summed E-state index contributed by atoms with van der Waals surface area (Å²) in [7, 11) is 1.45. The molecule has 0 amide bonds. The quantitative estimate of drug-likeness (QED) is 0.0211. The Bertz CT molecular complexity index is 1460. The summed E-state index contributed by atoms with van der Waals surface area (Å²) in [5.74, 6) is -0.828. The zero-order chi connectivity index (χ0) is 51.3. The highest BCUT2D eigenvalue weighted by molar-refractivity contribution is 7.47. The van der Waals surface area contributed by atoms with Crippen molar-refractivity contribution in [3.63, 3.8) is 0 Å². The molecule has 9 nitrogen and oxygen atoms in total. The van der Waals surface area contributed by atoms with Crippen LogP contribution in [0.5, 0.6) is 0 Å². The number of nitrogens with zero attached hydrogens (tertiary/aromatic N) is 1. The van der Waals surface area contributed by atoms with E-state index in [1.165, 1.54) is 116 Å². The largest absolute Gasteiger partial charge is 0.472 e. The Morgan fingerprint density at radius 1 is 0.457 bits per heavy atom. The molecule has 70 heavy (non-hydrogen) atoms. The molecular formula is C60H107NO8P+. The van der Waals surface area contributed by atoms with Crippen LogP contribution in [0.3, 0.4) is 0 Å². The monoisotopic (exact) mass is 1000 g/mol. The van der Waals surface area contributed by atoms with Gasteiger partial charge in [0.15, 0.2) is 6.10 Å². The molecule has 0 saturated carbocycles. The predicted octanol–water partition coefficient (Wildman–Crippen LogP) is 17.5. The molecule has 0 bridgehead atoms. The molecule has 404 valence electrons. The normalized spacial score (nSPS) is 14.0. The maximum Gasteiger partial charge on any atom is 0.472 e. The van der Waals surface area contributed by atoms with Gasteiger partial charge in [0.05, 0.1) is 27.7 Å². The first-order valence-corrected chi connectivity index (χ1v) is 29.8. The first-order valence-electron chi connectivity index (χ1n) is 28.3. The fraction of sp³-hybridized carbons (Fsp3) is 0.733. The van der Waals surface area contributed by atoms with Gasteiger partial charge in [-0.05, 0) is 89.9 Å². The first kappa shape index (κ1) is 67.2. The van der Waals surface area contributed by atoms with E-state index in [-0.39, 0.29) is 32.0 Å². The molecule has 0 spiro atoms. The maximum absolute atomic E-state index is 12.8. The van der Waals surface area contributed by atoms with Crippen molar-refractivity contribution in [3.8, 4) is 0 Å². The number of rotatable bonds is 51. The van der Waals surface area contributed by atoms with Crippen LogP contribution in [0.25, 0.3) is 0 Å². The molecule has 0 aliphatic heterocycles. The minimum absolute atomic E-state index is 0.0224. The predicted molar refractivity (Wildman–Crippen MR) is 298 cm³/mol. The fourth-order valence-corrected chi connectivity index (χ4v) is 8.28. The summed E-state index contributed by atoms with van der Waals surface area (Å²) in [6, 6.07) is 0. The van der Waals surface area contributed by atoms with Crippen LogP contribution in [0.15, 0.2) is 85.1 Å². The molecule has 0 radical (unpaired) electrons. The number of ether oxygens (including phenoxy) is 2. The molecule has 0 heterocycles. The van der Waals surface area contributed by atoms with E-state index >= 15 is 0 Å². The Kier molecular flexibility index (Phi) is 49.1. The number of carbonyl (C=O) groups is 2. The highest BCUT2D eigenvalue weighted by Crippen LogP contribution is 2.43. The van der Waals surface area contributed by atoms with Gasteiger partial charge >= 0.3 is 19.8 Å². The van der Waals surface area contributed by atoms with Crippen molar-refractivity contribution in [1.29, 1.82) is 0 Å². The molecule has 0 aliphatic rings. The van der Waals surface area contributed by atoms with E-state index in [9.17, 15) is 19.0 Å². The van der Waals surface area contributed by atoms with Crippen molar-refractivity contribution in [2.24, 2.45) is 0 Å². The van der Waals surface area contributed by atoms with E-state index in [1.807, 2.05) is 21.1 Å². The molecule has 2 unspecified atom stereocenters. The Labute approximate surface area is 431 Å². The number of allylic oxidation sites excluding steroid dienone is 14. The highest BCUT2D eigenvalue weighted by Gasteiger charge is 2.27. The number of esters is 2. The Balaban J connectivity index is 4.26. The second-order valence-corrected chi connectivity index (χ2v) is 21.4. The van der Waals surface area contributed by atoms with Crippen molar-refractivity contribution >= 4 is 19.8 Å². The summed E-state index contributed by atoms with van der Waals surface area (Å²) in [5, 5.41) is 0. The summed E-state index contributed by atoms with van der Waals surface area (Å²) >= 11 is 0. The zero-order valence-electron chi connectivity index (χ0n) is 45.7. The minimum atomic E-state index is -4.40. The van der Waals surface area contributed by atoms with Gasteiger partial charge in [0, 0.05) is 12.8 Å². The second-order valence-electron chi connectivity index (χ2n) is 19.9. The topological polar surface area (TPSA) is 108 Å². The number of hydrogen-bond donors (Lipinski definition) is 1. The first-order chi connectivity index (χ1) is 34.0. The lowest BCUT2D eigenvalue weighted by Crippen LogP contribution is -2.37. The van der Waals surface area contributed by atoms with Crippen LogP contribution in [0, 0.1) is 0 Å². The van der Waals surface area contributed by atoms with Crippen LogP contribution < -0.4 is 0 Å². The third-order valence-corrected chi connectivity index (χ3v) is 12.9. The number of likely N-dealkylation sites (N-methyl/N-ethyl adjacent to an activating group) is 1. The molecule has 0 aromatic carbocycles. The molecule has 0 fully saturated rings. The third kappa shape index (κ3) is 54.5. The van der Waals surface area contributed by atoms with E-state index in [4.69, 9.17) is 18.5 Å². The van der Waals surface area contributed by atoms with Crippen LogP contribution >= 0.6 is 7.82 Å². The lowest BCUT2D eigenvalue weighted by atomic mass is 10.0. The SMILES string of the molecule is CC/C=C\C/C=C\C/C=C\C/C=C\C/C=C\C/C=C\CCCCCCC(=O)OC(COC(=O)CCCCCCCCCCCCC/C=C\CCCCCCCCCC)COP(=O)(O)OCC[N+](C)(C)C. The number of unbranched alkanes of at least 4 members (excludes halogenated alkanes) is 23. The zero-order valence-corrected chi connectivity index (χ0v) is 46.6. The molecule has 10 heteroatoms. The van der Waals surface area contributed by atoms with Gasteiger partial charge in [-0.2, -0.15) is 0 Å². The number of hydrogen-bond acceptors (Lipinski definition) is 7. The highest BCUT2D eigenvalue weighted by atomic mass is 31.2. The molecule has 0 saturated heterocycles. The maximum atomic E-state index is 12.8. The number of quaternary nitrogens is 1. The van der Waals surface area contributed by atoms with Crippen LogP contribution in [0.4, 0.5) is 0 Å². The molecule has 1 N–H and O–H groups in total. The van der Waals surface area contributed by atoms with E-state index in [0.29, 0.717) is 17.4 Å². The summed E-state index contributed by atoms with van der Waals surface area (Å²) < 4.78 is 34.5. The van der Waals surface area contributed by atoms with Gasteiger partial charge < -0.3 is 18.9 Å². The van der Waals surface area contributed by atoms with Gasteiger partial charge in [0.25, 0.3) is 0 Å². The number of phosphoric ester groups is 1. The average Bonchev–Trinajstić information content (AvgIpc) is 3.32. The molecule has 2 atom stereocenters. The van der Waals surface area contributed by atoms with Gasteiger partial charge in [0.2, 0.25) is 0 Å². The number of carbonyl (C=O) groups excluding carboxylic acids is 2. The van der Waals surface area contributed by atoms with Crippen LogP contribution in [0.1, 0.15) is 232 Å². The van der Waals surface area contributed by atoms with Gasteiger partial charge in [-0.15, -0.1) is 0 Å². The van der Waals surface area contributed by atoms with E-state index in [2.05, 4.69) is 98.9 Å². The van der Waals surface area contributed by atoms with Crippen molar-refractivity contribution in [2.75, 3.05) is 47.5 Å². The molecule has 0 aromatic rings. The van der Waals surface area contributed by atoms with E-state index in [0.717, 1.165) is 83.5 Å². The second kappa shape index (κ2) is 51.1. The van der Waals surface area contributed by atoms with Gasteiger partial charge in [-0.1, -0.05) is 214 Å². The molecule has 0 aromatic heterocycles. The Hall–Kier alpha value is -2.81. The summed E-state index contributed by atoms with van der Waals surface area (Å²) in [4.78, 5) is 35.7. The third-order valence-electron chi connectivity index (χ3n) is 11.9. The Morgan fingerprint density at radius 2 is 0.814 bits per heavy atom. The molecular weight excluding hydrogens is 894 g/mol. The van der Waals surface area contributed by atoms with Crippen molar-refractivity contribution in [3.05, 3.63) is 85.1 Å². The van der Waals surface area contributed by atoms with Crippen molar-refractivity contribution < 1.29 is 42.1 Å². The Morgan fingerprint density at radius 3 is 1.23 bits per heavy atom. The van der Waals surface area contributed by atoms with Crippen molar-refractivity contribution in [2.45, 2.75) is 238 Å². The average molecular weight is 1000 g/mol. The smallest absolute Gasteiger partial charge is 0.462 e. The van der Waals surface area contributed by atoms with Gasteiger partial charge in [-0.3, -0.25) is 18.6 Å². The summed E-state index contributed by atoms with van der Waals surface area (Å²) in [6.07, 6.45) is 67.9. The molecule has 0 rings (SSSR count). The summed E-state index contributed by atoms with van der Waals surface area (Å²) in [5.41, 5.74) is 0. The standard InChI is InChI=1S/C60H106NO8P/c1-6-8-10-12-14-16-18-20-22-24-26-28-30-32-34-36-38-40-42-44-46-48-50-52-59(62)66-56-58(57-68-70(64,65)67-55-54-61(3,4)5)69-60(63)53-51-49-47-45-43-41-39-37-35-33-31-29-27-25-23-21-19-17-15-13-11-9-7-2/h9,11,15,17,21,23-24,26-27,29,33,35,39,41,58H,6-8,10,12-14,16,18-20,22,25,28,30-32,34,36-38,40,42-57H2,1-5H3/p+1/b11-9-,17-15-,23-21-,26-24-,29-27-,35-33-,41-39-.